The first kappa shape index (κ1) is 22.5. The summed E-state index contributed by atoms with van der Waals surface area (Å²) in [4.78, 5) is 20.7. The smallest absolute Gasteiger partial charge is 0.267 e. The van der Waals surface area contributed by atoms with Gasteiger partial charge < -0.3 is 0 Å². The third kappa shape index (κ3) is 4.57. The van der Waals surface area contributed by atoms with Gasteiger partial charge in [0.2, 0.25) is 0 Å². The maximum atomic E-state index is 13.5. The minimum Gasteiger partial charge on any atom is -0.267 e. The Morgan fingerprint density at radius 2 is 1.91 bits per heavy atom. The van der Waals surface area contributed by atoms with Crippen LogP contribution in [0.4, 0.5) is 22.0 Å². The van der Waals surface area contributed by atoms with Gasteiger partial charge in [0.15, 0.2) is 0 Å². The molecule has 0 bridgehead atoms. The van der Waals surface area contributed by atoms with Gasteiger partial charge in [-0.3, -0.25) is 9.78 Å². The van der Waals surface area contributed by atoms with Crippen molar-refractivity contribution in [3.05, 3.63) is 62.0 Å². The van der Waals surface area contributed by atoms with Crippen LogP contribution in [0.15, 0.2) is 34.7 Å². The molecule has 0 N–H and O–H groups in total. The van der Waals surface area contributed by atoms with Crippen LogP contribution < -0.4 is 5.56 Å². The van der Waals surface area contributed by atoms with Crippen molar-refractivity contribution in [2.24, 2.45) is 0 Å². The van der Waals surface area contributed by atoms with Gasteiger partial charge in [0.05, 0.1) is 28.2 Å². The Morgan fingerprint density at radius 1 is 1.16 bits per heavy atom. The Morgan fingerprint density at radius 3 is 2.59 bits per heavy atom. The second-order valence-corrected chi connectivity index (χ2v) is 8.53. The Bertz CT molecular complexity index is 1150. The van der Waals surface area contributed by atoms with E-state index in [1.54, 1.807) is 0 Å². The third-order valence-corrected chi connectivity index (χ3v) is 6.41. The molecule has 3 heterocycles. The second-order valence-electron chi connectivity index (χ2n) is 7.64. The first-order valence-electron chi connectivity index (χ1n) is 10.1. The summed E-state index contributed by atoms with van der Waals surface area (Å²) in [6.07, 6.45) is -1.88. The molecule has 0 aromatic carbocycles. The zero-order valence-electron chi connectivity index (χ0n) is 16.8. The Hall–Kier alpha value is -2.69. The molecule has 170 valence electrons. The molecule has 32 heavy (non-hydrogen) atoms. The normalized spacial score (nSPS) is 15.4. The van der Waals surface area contributed by atoms with Crippen LogP contribution in [0, 0.1) is 0 Å². The van der Waals surface area contributed by atoms with Crippen LogP contribution in [-0.2, 0) is 12.7 Å². The summed E-state index contributed by atoms with van der Waals surface area (Å²) in [5.74, 6) is -0.108. The SMILES string of the molecule is O=c1c(C2CCCCC2)cc(-c2ncsc2C(F)F)nn1Cc1ncccc1C(F)(F)F. The molecule has 1 fully saturated rings. The Kier molecular flexibility index (Phi) is 6.36. The number of pyridine rings is 1. The van der Waals surface area contributed by atoms with E-state index in [1.807, 2.05) is 0 Å². The number of hydrogen-bond donors (Lipinski definition) is 0. The van der Waals surface area contributed by atoms with Crippen molar-refractivity contribution in [2.75, 3.05) is 0 Å². The third-order valence-electron chi connectivity index (χ3n) is 5.58. The number of alkyl halides is 5. The van der Waals surface area contributed by atoms with E-state index in [1.165, 1.54) is 17.8 Å². The van der Waals surface area contributed by atoms with Crippen LogP contribution in [-0.4, -0.2) is 19.7 Å². The summed E-state index contributed by atoms with van der Waals surface area (Å²) < 4.78 is 68.1. The molecule has 0 radical (unpaired) electrons. The van der Waals surface area contributed by atoms with Crippen molar-refractivity contribution in [3.8, 4) is 11.4 Å². The minimum absolute atomic E-state index is 0.0474. The van der Waals surface area contributed by atoms with Crippen LogP contribution in [0.3, 0.4) is 0 Å². The van der Waals surface area contributed by atoms with Crippen molar-refractivity contribution in [1.29, 1.82) is 0 Å². The van der Waals surface area contributed by atoms with Gasteiger partial charge in [-0.15, -0.1) is 11.3 Å². The lowest BCUT2D eigenvalue weighted by Gasteiger charge is -2.22. The first-order chi connectivity index (χ1) is 15.3. The Balaban J connectivity index is 1.85. The maximum absolute atomic E-state index is 13.5. The second kappa shape index (κ2) is 9.05. The van der Waals surface area contributed by atoms with Gasteiger partial charge in [-0.05, 0) is 37.0 Å². The molecule has 5 nitrogen and oxygen atoms in total. The standard InChI is InChI=1S/C21H19F5N4OS/c22-19(23)18-17(28-11-32-18)15-9-13(12-5-2-1-3-6-12)20(31)30(29-15)10-16-14(21(24,25)26)7-4-8-27-16/h4,7-9,11-12,19H,1-3,5-6,10H2. The fraction of sp³-hybridized carbons (Fsp3) is 0.429. The molecule has 1 saturated carbocycles. The van der Waals surface area contributed by atoms with Crippen molar-refractivity contribution < 1.29 is 22.0 Å². The number of aromatic nitrogens is 4. The van der Waals surface area contributed by atoms with E-state index in [9.17, 15) is 26.7 Å². The van der Waals surface area contributed by atoms with Gasteiger partial charge in [-0.25, -0.2) is 18.4 Å². The molecule has 1 aliphatic rings. The predicted octanol–water partition coefficient (Wildman–Crippen LogP) is 5.81. The topological polar surface area (TPSA) is 60.7 Å². The molecule has 0 unspecified atom stereocenters. The number of hydrogen-bond acceptors (Lipinski definition) is 5. The van der Waals surface area contributed by atoms with Gasteiger partial charge in [0.1, 0.15) is 11.4 Å². The zero-order valence-corrected chi connectivity index (χ0v) is 17.6. The lowest BCUT2D eigenvalue weighted by molar-refractivity contribution is -0.138. The summed E-state index contributed by atoms with van der Waals surface area (Å²) in [6.45, 7) is -0.532. The molecule has 3 aromatic rings. The first-order valence-corrected chi connectivity index (χ1v) is 11.0. The zero-order chi connectivity index (χ0) is 22.9. The van der Waals surface area contributed by atoms with Gasteiger partial charge in [0, 0.05) is 11.8 Å². The lowest BCUT2D eigenvalue weighted by atomic mass is 9.84. The van der Waals surface area contributed by atoms with Crippen LogP contribution in [0.1, 0.15) is 66.1 Å². The lowest BCUT2D eigenvalue weighted by Crippen LogP contribution is -2.30. The largest absolute Gasteiger partial charge is 0.418 e. The summed E-state index contributed by atoms with van der Waals surface area (Å²) in [7, 11) is 0. The highest BCUT2D eigenvalue weighted by Crippen LogP contribution is 2.36. The molecular weight excluding hydrogens is 451 g/mol. The molecule has 0 saturated heterocycles. The van der Waals surface area contributed by atoms with Crippen molar-refractivity contribution in [1.82, 2.24) is 19.7 Å². The number of rotatable bonds is 5. The summed E-state index contributed by atoms with van der Waals surface area (Å²) >= 11 is 0.764. The highest BCUT2D eigenvalue weighted by molar-refractivity contribution is 7.10. The van der Waals surface area contributed by atoms with E-state index in [4.69, 9.17) is 0 Å². The number of nitrogens with zero attached hydrogens (tertiary/aromatic N) is 4. The molecule has 11 heteroatoms. The van der Waals surface area contributed by atoms with E-state index in [0.29, 0.717) is 5.56 Å². The molecule has 0 atom stereocenters. The molecule has 0 aliphatic heterocycles. The summed E-state index contributed by atoms with van der Waals surface area (Å²) in [6, 6.07) is 3.52. The number of thiazole rings is 1. The van der Waals surface area contributed by atoms with Crippen molar-refractivity contribution in [2.45, 2.75) is 57.2 Å². The van der Waals surface area contributed by atoms with Crippen LogP contribution >= 0.6 is 11.3 Å². The van der Waals surface area contributed by atoms with Crippen LogP contribution in [0.5, 0.6) is 0 Å². The maximum Gasteiger partial charge on any atom is 0.418 e. The fourth-order valence-corrected chi connectivity index (χ4v) is 4.70. The van der Waals surface area contributed by atoms with E-state index >= 15 is 0 Å². The molecule has 0 spiro atoms. The predicted molar refractivity (Wildman–Crippen MR) is 109 cm³/mol. The Labute approximate surface area is 184 Å². The van der Waals surface area contributed by atoms with Gasteiger partial charge >= 0.3 is 6.18 Å². The molecular formula is C21H19F5N4OS. The molecule has 3 aromatic heterocycles. The van der Waals surface area contributed by atoms with Crippen LogP contribution in [0.25, 0.3) is 11.4 Å². The van der Waals surface area contributed by atoms with Crippen molar-refractivity contribution in [3.63, 3.8) is 0 Å². The molecule has 1 aliphatic carbocycles. The van der Waals surface area contributed by atoms with Gasteiger partial charge in [0.25, 0.3) is 12.0 Å². The average molecular weight is 470 g/mol. The molecule has 4 rings (SSSR count). The van der Waals surface area contributed by atoms with Gasteiger partial charge in [-0.1, -0.05) is 19.3 Å². The monoisotopic (exact) mass is 470 g/mol. The fourth-order valence-electron chi connectivity index (χ4n) is 4.06. The van der Waals surface area contributed by atoms with E-state index in [-0.39, 0.29) is 27.9 Å². The highest BCUT2D eigenvalue weighted by atomic mass is 32.1. The van der Waals surface area contributed by atoms with Crippen molar-refractivity contribution >= 4 is 11.3 Å². The quantitative estimate of drug-likeness (QED) is 0.441. The number of halogens is 5. The molecule has 0 amide bonds. The minimum atomic E-state index is -4.66. The summed E-state index contributed by atoms with van der Waals surface area (Å²) in [5.41, 5.74) is -0.261. The van der Waals surface area contributed by atoms with E-state index in [0.717, 1.165) is 60.3 Å². The highest BCUT2D eigenvalue weighted by Gasteiger charge is 2.34. The summed E-state index contributed by atoms with van der Waals surface area (Å²) in [5, 5.41) is 4.14. The average Bonchev–Trinajstić information content (AvgIpc) is 3.26. The van der Waals surface area contributed by atoms with Gasteiger partial charge in [-0.2, -0.15) is 18.3 Å². The van der Waals surface area contributed by atoms with E-state index < -0.39 is 30.3 Å². The van der Waals surface area contributed by atoms with E-state index in [2.05, 4.69) is 15.1 Å². The van der Waals surface area contributed by atoms with Crippen LogP contribution in [0.2, 0.25) is 0 Å².